The third kappa shape index (κ3) is 13.2. The minimum Gasteiger partial charge on any atom is -1.00 e. The van der Waals surface area contributed by atoms with Crippen LogP contribution in [0.5, 0.6) is 0 Å². The van der Waals surface area contributed by atoms with E-state index in [2.05, 4.69) is 6.92 Å². The second-order valence-electron chi connectivity index (χ2n) is 9.21. The molecule has 1 fully saturated rings. The van der Waals surface area contributed by atoms with Crippen molar-refractivity contribution >= 4 is 7.60 Å². The molecule has 0 radical (unpaired) electrons. The standard InChI is InChI=1S/C20H42NO4P.ClH/c1-5-6-7-8-9-10-11-12-18-13-15-19(16-14-18)25-20(26(22,23)24)17-21(2,3)4;/h18-20H,5-17H2,1-4H3,(H-,22,23,24);1H/t18-,19+,20?;. The minimum atomic E-state index is -4.23. The monoisotopic (exact) mass is 427 g/mol. The third-order valence-electron chi connectivity index (χ3n) is 5.44. The Balaban J connectivity index is 0.00000676. The van der Waals surface area contributed by atoms with Crippen LogP contribution in [0.25, 0.3) is 0 Å². The highest BCUT2D eigenvalue weighted by Crippen LogP contribution is 2.44. The van der Waals surface area contributed by atoms with Gasteiger partial charge in [-0.3, -0.25) is 4.57 Å². The van der Waals surface area contributed by atoms with E-state index in [0.717, 1.165) is 31.6 Å². The van der Waals surface area contributed by atoms with E-state index in [9.17, 15) is 14.4 Å². The Morgan fingerprint density at radius 3 is 1.96 bits per heavy atom. The smallest absolute Gasteiger partial charge is 0.359 e. The van der Waals surface area contributed by atoms with Crippen molar-refractivity contribution in [2.45, 2.75) is 95.9 Å². The molecule has 1 atom stereocenters. The lowest BCUT2D eigenvalue weighted by Gasteiger charge is -2.34. The summed E-state index contributed by atoms with van der Waals surface area (Å²) in [5.41, 5.74) is 0. The van der Waals surface area contributed by atoms with E-state index in [1.165, 1.54) is 51.4 Å². The van der Waals surface area contributed by atoms with Crippen molar-refractivity contribution < 1.29 is 36.0 Å². The summed E-state index contributed by atoms with van der Waals surface area (Å²) in [6.45, 7) is 2.59. The predicted octanol–water partition coefficient (Wildman–Crippen LogP) is 1.92. The molecule has 1 aliphatic rings. The first-order valence-corrected chi connectivity index (χ1v) is 12.3. The second kappa shape index (κ2) is 13.6. The molecule has 0 saturated heterocycles. The first kappa shape index (κ1) is 27.4. The minimum absolute atomic E-state index is 0. The van der Waals surface area contributed by atoms with Gasteiger partial charge in [0.05, 0.1) is 27.2 Å². The van der Waals surface area contributed by atoms with Crippen molar-refractivity contribution in [1.29, 1.82) is 0 Å². The number of quaternary nitrogens is 1. The molecule has 0 aromatic carbocycles. The number of ether oxygens (including phenoxy) is 1. The van der Waals surface area contributed by atoms with Crippen LogP contribution >= 0.6 is 7.60 Å². The fourth-order valence-electron chi connectivity index (χ4n) is 3.87. The van der Waals surface area contributed by atoms with E-state index in [1.54, 1.807) is 0 Å². The van der Waals surface area contributed by atoms with Crippen LogP contribution in [-0.4, -0.2) is 53.9 Å². The molecular formula is C20H43ClNO4P. The van der Waals surface area contributed by atoms with Crippen molar-refractivity contribution in [3.63, 3.8) is 0 Å². The number of nitrogens with zero attached hydrogens (tertiary/aromatic N) is 1. The number of likely N-dealkylation sites (N-methyl/N-ethyl adjacent to an activating group) is 1. The van der Waals surface area contributed by atoms with Gasteiger partial charge in [0.15, 0.2) is 0 Å². The molecular weight excluding hydrogens is 385 g/mol. The number of hydrogen-bond acceptors (Lipinski definition) is 2. The van der Waals surface area contributed by atoms with E-state index in [1.807, 2.05) is 21.1 Å². The molecule has 1 saturated carbocycles. The quantitative estimate of drug-likeness (QED) is 0.268. The number of unbranched alkanes of at least 4 members (excludes halogenated alkanes) is 6. The predicted molar refractivity (Wildman–Crippen MR) is 108 cm³/mol. The zero-order chi connectivity index (χ0) is 19.6. The maximum atomic E-state index is 11.8. The molecule has 7 heteroatoms. The summed E-state index contributed by atoms with van der Waals surface area (Å²) < 4.78 is 18.1. The lowest BCUT2D eigenvalue weighted by Crippen LogP contribution is -3.00. The van der Waals surface area contributed by atoms with Gasteiger partial charge in [0, 0.05) is 0 Å². The van der Waals surface area contributed by atoms with Gasteiger partial charge in [0.1, 0.15) is 6.54 Å². The van der Waals surface area contributed by atoms with E-state index < -0.39 is 13.4 Å². The number of rotatable bonds is 13. The molecule has 1 aliphatic carbocycles. The average molecular weight is 428 g/mol. The van der Waals surface area contributed by atoms with Gasteiger partial charge in [0.2, 0.25) is 5.85 Å². The largest absolute Gasteiger partial charge is 1.00 e. The second-order valence-corrected chi connectivity index (χ2v) is 11.0. The molecule has 0 spiro atoms. The fraction of sp³-hybridized carbons (Fsp3) is 1.00. The van der Waals surface area contributed by atoms with Crippen LogP contribution in [0.3, 0.4) is 0 Å². The van der Waals surface area contributed by atoms with E-state index in [0.29, 0.717) is 11.0 Å². The van der Waals surface area contributed by atoms with Gasteiger partial charge in [-0.25, -0.2) is 0 Å². The van der Waals surface area contributed by atoms with Gasteiger partial charge in [-0.2, -0.15) is 0 Å². The van der Waals surface area contributed by atoms with E-state index in [-0.39, 0.29) is 18.5 Å². The van der Waals surface area contributed by atoms with Gasteiger partial charge in [-0.15, -0.1) is 0 Å². The Bertz CT molecular complexity index is 417. The summed E-state index contributed by atoms with van der Waals surface area (Å²) >= 11 is 0. The van der Waals surface area contributed by atoms with Crippen LogP contribution in [0.2, 0.25) is 0 Å². The molecule has 27 heavy (non-hydrogen) atoms. The Labute approximate surface area is 173 Å². The lowest BCUT2D eigenvalue weighted by molar-refractivity contribution is -0.872. The molecule has 1 unspecified atom stereocenters. The molecule has 0 bridgehead atoms. The van der Waals surface area contributed by atoms with E-state index in [4.69, 9.17) is 4.74 Å². The Hall–Kier alpha value is 0.360. The summed E-state index contributed by atoms with van der Waals surface area (Å²) in [5, 5.41) is 0. The summed E-state index contributed by atoms with van der Waals surface area (Å²) in [7, 11) is 1.58. The van der Waals surface area contributed by atoms with Crippen LogP contribution in [0.1, 0.15) is 84.0 Å². The molecule has 0 heterocycles. The number of halogens is 1. The van der Waals surface area contributed by atoms with E-state index >= 15 is 0 Å². The molecule has 0 aliphatic heterocycles. The maximum Gasteiger partial charge on any atom is 0.359 e. The van der Waals surface area contributed by atoms with Crippen molar-refractivity contribution in [3.8, 4) is 0 Å². The Kier molecular flexibility index (Phi) is 13.7. The maximum absolute atomic E-state index is 11.8. The van der Waals surface area contributed by atoms with Crippen molar-refractivity contribution in [2.24, 2.45) is 5.92 Å². The van der Waals surface area contributed by atoms with Gasteiger partial charge in [0.25, 0.3) is 0 Å². The lowest BCUT2D eigenvalue weighted by atomic mass is 9.84. The van der Waals surface area contributed by atoms with Crippen LogP contribution in [0.4, 0.5) is 0 Å². The number of hydrogen-bond donors (Lipinski definition) is 2. The highest BCUT2D eigenvalue weighted by atomic mass is 35.5. The highest BCUT2D eigenvalue weighted by molar-refractivity contribution is 7.52. The molecule has 1 rings (SSSR count). The fourth-order valence-corrected chi connectivity index (χ4v) is 4.90. The summed E-state index contributed by atoms with van der Waals surface area (Å²) in [6.07, 6.45) is 15.0. The SMILES string of the molecule is CCCCCCCCC[C@H]1CC[C@@H](OC(C[N+](C)(C)C)P(=O)(O)O)CC1.[Cl-]. The molecule has 2 N–H and O–H groups in total. The molecule has 5 nitrogen and oxygen atoms in total. The van der Waals surface area contributed by atoms with Crippen molar-refractivity contribution in [2.75, 3.05) is 27.7 Å². The topological polar surface area (TPSA) is 66.8 Å². The average Bonchev–Trinajstić information content (AvgIpc) is 2.53. The molecule has 164 valence electrons. The molecule has 0 aromatic heterocycles. The van der Waals surface area contributed by atoms with Gasteiger partial charge in [-0.05, 0) is 31.6 Å². The zero-order valence-corrected chi connectivity index (χ0v) is 19.6. The van der Waals surface area contributed by atoms with Crippen LogP contribution in [-0.2, 0) is 9.30 Å². The first-order valence-electron chi connectivity index (χ1n) is 10.6. The Morgan fingerprint density at radius 2 is 1.48 bits per heavy atom. The summed E-state index contributed by atoms with van der Waals surface area (Å²) in [4.78, 5) is 19.2. The van der Waals surface area contributed by atoms with Crippen LogP contribution in [0, 0.1) is 5.92 Å². The first-order chi connectivity index (χ1) is 12.1. The van der Waals surface area contributed by atoms with Crippen LogP contribution in [0.15, 0.2) is 0 Å². The summed E-state index contributed by atoms with van der Waals surface area (Å²) in [6, 6.07) is 0. The van der Waals surface area contributed by atoms with Gasteiger partial charge >= 0.3 is 7.60 Å². The normalized spacial score (nSPS) is 22.3. The molecule has 0 aromatic rings. The molecule has 0 amide bonds. The van der Waals surface area contributed by atoms with Gasteiger partial charge in [-0.1, -0.05) is 58.3 Å². The highest BCUT2D eigenvalue weighted by Gasteiger charge is 2.37. The van der Waals surface area contributed by atoms with Crippen molar-refractivity contribution in [1.82, 2.24) is 0 Å². The van der Waals surface area contributed by atoms with Gasteiger partial charge < -0.3 is 31.4 Å². The van der Waals surface area contributed by atoms with Crippen LogP contribution < -0.4 is 12.4 Å². The zero-order valence-electron chi connectivity index (χ0n) is 17.9. The van der Waals surface area contributed by atoms with Crippen molar-refractivity contribution in [3.05, 3.63) is 0 Å². The third-order valence-corrected chi connectivity index (χ3v) is 6.47. The summed E-state index contributed by atoms with van der Waals surface area (Å²) in [5.74, 6) is -0.204. The Morgan fingerprint density at radius 1 is 0.963 bits per heavy atom.